The number of hydrogen-bond donors (Lipinski definition) is 2. The van der Waals surface area contributed by atoms with Gasteiger partial charge in [0.05, 0.1) is 10.6 Å². The summed E-state index contributed by atoms with van der Waals surface area (Å²) in [6.45, 7) is 3.32. The van der Waals surface area contributed by atoms with Gasteiger partial charge < -0.3 is 10.4 Å². The molecule has 1 unspecified atom stereocenters. The molecule has 1 heterocycles. The van der Waals surface area contributed by atoms with Crippen molar-refractivity contribution in [3.05, 3.63) is 29.0 Å². The number of aromatic nitrogens is 1. The van der Waals surface area contributed by atoms with Crippen molar-refractivity contribution in [2.75, 3.05) is 0 Å². The van der Waals surface area contributed by atoms with Crippen LogP contribution in [0.4, 0.5) is 0 Å². The van der Waals surface area contributed by atoms with E-state index in [2.05, 4.69) is 10.3 Å². The van der Waals surface area contributed by atoms with Gasteiger partial charge in [0.1, 0.15) is 5.54 Å². The first-order chi connectivity index (χ1) is 8.40. The summed E-state index contributed by atoms with van der Waals surface area (Å²) in [6, 6.07) is 1.48. The normalized spacial score (nSPS) is 13.7. The van der Waals surface area contributed by atoms with Gasteiger partial charge in [-0.25, -0.2) is 4.79 Å². The van der Waals surface area contributed by atoms with Crippen molar-refractivity contribution >= 4 is 23.5 Å². The van der Waals surface area contributed by atoms with Gasteiger partial charge in [-0.3, -0.25) is 9.78 Å². The molecule has 1 aromatic rings. The van der Waals surface area contributed by atoms with E-state index in [1.807, 2.05) is 6.92 Å². The van der Waals surface area contributed by atoms with Crippen molar-refractivity contribution in [1.82, 2.24) is 10.3 Å². The number of halogens is 1. The molecule has 0 saturated heterocycles. The fourth-order valence-corrected chi connectivity index (χ4v) is 1.78. The molecule has 0 fully saturated rings. The van der Waals surface area contributed by atoms with Gasteiger partial charge in [0, 0.05) is 12.4 Å². The molecule has 0 aliphatic heterocycles. The van der Waals surface area contributed by atoms with E-state index in [0.717, 1.165) is 0 Å². The lowest BCUT2D eigenvalue weighted by Gasteiger charge is -2.25. The van der Waals surface area contributed by atoms with Crippen molar-refractivity contribution < 1.29 is 14.7 Å². The maximum Gasteiger partial charge on any atom is 0.329 e. The predicted octanol–water partition coefficient (Wildman–Crippen LogP) is 2.11. The second kappa shape index (κ2) is 5.82. The number of rotatable bonds is 5. The van der Waals surface area contributed by atoms with E-state index in [0.29, 0.717) is 12.8 Å². The van der Waals surface area contributed by atoms with Crippen LogP contribution in [-0.4, -0.2) is 27.5 Å². The molecule has 1 rings (SSSR count). The Morgan fingerprint density at radius 3 is 2.72 bits per heavy atom. The molecule has 1 atom stereocenters. The van der Waals surface area contributed by atoms with Crippen LogP contribution in [0.5, 0.6) is 0 Å². The van der Waals surface area contributed by atoms with Gasteiger partial charge in [-0.15, -0.1) is 0 Å². The largest absolute Gasteiger partial charge is 0.480 e. The minimum atomic E-state index is -1.30. The monoisotopic (exact) mass is 270 g/mol. The number of carboxylic acids is 1. The van der Waals surface area contributed by atoms with Crippen LogP contribution in [0.25, 0.3) is 0 Å². The zero-order valence-electron chi connectivity index (χ0n) is 10.2. The third-order valence-electron chi connectivity index (χ3n) is 2.62. The van der Waals surface area contributed by atoms with Crippen LogP contribution in [0.2, 0.25) is 5.02 Å². The smallest absolute Gasteiger partial charge is 0.329 e. The van der Waals surface area contributed by atoms with Gasteiger partial charge in [0.25, 0.3) is 5.91 Å². The van der Waals surface area contributed by atoms with E-state index < -0.39 is 17.4 Å². The average Bonchev–Trinajstić information content (AvgIpc) is 2.29. The second-order valence-electron chi connectivity index (χ2n) is 4.20. The Morgan fingerprint density at radius 2 is 2.22 bits per heavy atom. The van der Waals surface area contributed by atoms with Crippen LogP contribution in [0.15, 0.2) is 18.5 Å². The van der Waals surface area contributed by atoms with Crippen molar-refractivity contribution in [1.29, 1.82) is 0 Å². The lowest BCUT2D eigenvalue weighted by molar-refractivity contribution is -0.144. The Kier molecular flexibility index (Phi) is 4.67. The second-order valence-corrected chi connectivity index (χ2v) is 4.60. The number of hydrogen-bond acceptors (Lipinski definition) is 3. The maximum absolute atomic E-state index is 12.0. The minimum Gasteiger partial charge on any atom is -0.480 e. The highest BCUT2D eigenvalue weighted by molar-refractivity contribution is 6.33. The molecule has 2 N–H and O–H groups in total. The molecule has 0 aliphatic rings. The summed E-state index contributed by atoms with van der Waals surface area (Å²) in [4.78, 5) is 27.0. The molecule has 6 heteroatoms. The Bertz CT molecular complexity index is 464. The molecule has 0 aliphatic carbocycles. The molecule has 5 nitrogen and oxygen atoms in total. The number of amides is 1. The number of carbonyl (C=O) groups excluding carboxylic acids is 1. The van der Waals surface area contributed by atoms with E-state index in [4.69, 9.17) is 16.7 Å². The molecule has 0 saturated carbocycles. The quantitative estimate of drug-likeness (QED) is 0.859. The van der Waals surface area contributed by atoms with Gasteiger partial charge >= 0.3 is 5.97 Å². The molecular formula is C12H15ClN2O3. The van der Waals surface area contributed by atoms with Crippen LogP contribution in [-0.2, 0) is 4.79 Å². The number of carboxylic acid groups (broad SMARTS) is 1. The summed E-state index contributed by atoms with van der Waals surface area (Å²) in [5, 5.41) is 11.9. The molecule has 0 aromatic carbocycles. The number of nitrogens with one attached hydrogen (secondary N) is 1. The lowest BCUT2D eigenvalue weighted by atomic mass is 9.96. The highest BCUT2D eigenvalue weighted by Gasteiger charge is 2.34. The summed E-state index contributed by atoms with van der Waals surface area (Å²) in [5.41, 5.74) is -1.13. The fourth-order valence-electron chi connectivity index (χ4n) is 1.59. The summed E-state index contributed by atoms with van der Waals surface area (Å²) < 4.78 is 0. The van der Waals surface area contributed by atoms with Gasteiger partial charge in [-0.2, -0.15) is 0 Å². The summed E-state index contributed by atoms with van der Waals surface area (Å²) in [6.07, 6.45) is 3.75. The summed E-state index contributed by atoms with van der Waals surface area (Å²) in [7, 11) is 0. The van der Waals surface area contributed by atoms with Crippen molar-refractivity contribution in [2.45, 2.75) is 32.2 Å². The molecule has 1 aromatic heterocycles. The van der Waals surface area contributed by atoms with Crippen molar-refractivity contribution in [3.8, 4) is 0 Å². The average molecular weight is 271 g/mol. The number of carbonyl (C=O) groups is 2. The first-order valence-corrected chi connectivity index (χ1v) is 5.94. The highest BCUT2D eigenvalue weighted by Crippen LogP contribution is 2.17. The van der Waals surface area contributed by atoms with Crippen LogP contribution < -0.4 is 5.32 Å². The Balaban J connectivity index is 2.93. The Hall–Kier alpha value is -1.62. The van der Waals surface area contributed by atoms with Gasteiger partial charge in [0.15, 0.2) is 0 Å². The number of nitrogens with zero attached hydrogens (tertiary/aromatic N) is 1. The molecular weight excluding hydrogens is 256 g/mol. The summed E-state index contributed by atoms with van der Waals surface area (Å²) in [5.74, 6) is -1.61. The summed E-state index contributed by atoms with van der Waals surface area (Å²) >= 11 is 5.86. The molecule has 0 bridgehead atoms. The van der Waals surface area contributed by atoms with Crippen molar-refractivity contribution in [3.63, 3.8) is 0 Å². The van der Waals surface area contributed by atoms with Gasteiger partial charge in [-0.05, 0) is 19.4 Å². The predicted molar refractivity (Wildman–Crippen MR) is 67.7 cm³/mol. The highest BCUT2D eigenvalue weighted by atomic mass is 35.5. The minimum absolute atomic E-state index is 0.169. The molecule has 1 amide bonds. The van der Waals surface area contributed by atoms with Crippen LogP contribution in [0.3, 0.4) is 0 Å². The van der Waals surface area contributed by atoms with Crippen molar-refractivity contribution in [2.24, 2.45) is 0 Å². The van der Waals surface area contributed by atoms with E-state index in [-0.39, 0.29) is 10.6 Å². The van der Waals surface area contributed by atoms with E-state index in [1.54, 1.807) is 0 Å². The molecule has 0 spiro atoms. The third-order valence-corrected chi connectivity index (χ3v) is 2.95. The number of pyridine rings is 1. The van der Waals surface area contributed by atoms with E-state index >= 15 is 0 Å². The molecule has 0 radical (unpaired) electrons. The third kappa shape index (κ3) is 3.20. The van der Waals surface area contributed by atoms with Gasteiger partial charge in [-0.1, -0.05) is 24.9 Å². The van der Waals surface area contributed by atoms with Crippen LogP contribution in [0.1, 0.15) is 37.0 Å². The Morgan fingerprint density at radius 1 is 1.56 bits per heavy atom. The van der Waals surface area contributed by atoms with E-state index in [9.17, 15) is 9.59 Å². The topological polar surface area (TPSA) is 79.3 Å². The maximum atomic E-state index is 12.0. The van der Waals surface area contributed by atoms with Crippen LogP contribution in [0, 0.1) is 0 Å². The van der Waals surface area contributed by atoms with E-state index in [1.165, 1.54) is 25.4 Å². The molecule has 98 valence electrons. The first-order valence-electron chi connectivity index (χ1n) is 5.56. The fraction of sp³-hybridized carbons (Fsp3) is 0.417. The lowest BCUT2D eigenvalue weighted by Crippen LogP contribution is -2.52. The molecule has 18 heavy (non-hydrogen) atoms. The van der Waals surface area contributed by atoms with Crippen LogP contribution >= 0.6 is 11.6 Å². The number of aliphatic carboxylic acids is 1. The van der Waals surface area contributed by atoms with Gasteiger partial charge in [0.2, 0.25) is 0 Å². The Labute approximate surface area is 110 Å². The first kappa shape index (κ1) is 14.4. The standard InChI is InChI=1S/C12H15ClN2O3/c1-3-5-12(2,11(17)18)15-10(16)8-7-14-6-4-9(8)13/h4,6-7H,3,5H2,1-2H3,(H,15,16)(H,17,18). The zero-order chi connectivity index (χ0) is 13.8. The zero-order valence-corrected chi connectivity index (χ0v) is 11.0. The SMILES string of the molecule is CCCC(C)(NC(=O)c1cnccc1Cl)C(=O)O.